The first-order valence-electron chi connectivity index (χ1n) is 9.20. The number of carbonyl (C=O) groups excluding carboxylic acids is 1. The van der Waals surface area contributed by atoms with Crippen LogP contribution in [0.3, 0.4) is 0 Å². The SMILES string of the molecule is O=C(Nc1ccc(Cl)cc1)Nc1cc2c(cc1C(O)c1ccc(Cl)cc1)OCCO2. The van der Waals surface area contributed by atoms with Gasteiger partial charge in [0, 0.05) is 27.4 Å². The molecule has 1 aliphatic heterocycles. The molecule has 1 aliphatic rings. The van der Waals surface area contributed by atoms with Crippen LogP contribution in [-0.4, -0.2) is 24.4 Å². The summed E-state index contributed by atoms with van der Waals surface area (Å²) in [7, 11) is 0. The van der Waals surface area contributed by atoms with Crippen LogP contribution < -0.4 is 20.1 Å². The summed E-state index contributed by atoms with van der Waals surface area (Å²) in [5.74, 6) is 1.00. The minimum atomic E-state index is -1.01. The van der Waals surface area contributed by atoms with Gasteiger partial charge in [0.15, 0.2) is 11.5 Å². The Hall–Kier alpha value is -2.93. The average Bonchev–Trinajstić information content (AvgIpc) is 2.75. The van der Waals surface area contributed by atoms with E-state index in [4.69, 9.17) is 32.7 Å². The fourth-order valence-electron chi connectivity index (χ4n) is 3.08. The van der Waals surface area contributed by atoms with Gasteiger partial charge in [0.25, 0.3) is 0 Å². The zero-order valence-electron chi connectivity index (χ0n) is 15.7. The molecule has 0 spiro atoms. The molecule has 3 aromatic carbocycles. The molecule has 0 aliphatic carbocycles. The average molecular weight is 445 g/mol. The van der Waals surface area contributed by atoms with Crippen LogP contribution in [0.15, 0.2) is 60.7 Å². The molecule has 0 saturated heterocycles. The lowest BCUT2D eigenvalue weighted by Gasteiger charge is -2.23. The number of carbonyl (C=O) groups is 1. The van der Waals surface area contributed by atoms with Crippen LogP contribution in [-0.2, 0) is 0 Å². The first-order chi connectivity index (χ1) is 14.5. The Balaban J connectivity index is 1.63. The van der Waals surface area contributed by atoms with Gasteiger partial charge in [0.1, 0.15) is 19.3 Å². The van der Waals surface area contributed by atoms with Gasteiger partial charge in [-0.3, -0.25) is 0 Å². The maximum absolute atomic E-state index is 12.6. The number of urea groups is 1. The number of ether oxygens (including phenoxy) is 2. The normalized spacial score (nSPS) is 13.4. The second-order valence-corrected chi connectivity index (χ2v) is 7.50. The summed E-state index contributed by atoms with van der Waals surface area (Å²) in [5.41, 5.74) is 2.06. The molecule has 1 heterocycles. The van der Waals surface area contributed by atoms with Gasteiger partial charge in [-0.05, 0) is 48.0 Å². The number of hydrogen-bond acceptors (Lipinski definition) is 4. The minimum absolute atomic E-state index is 0.396. The Labute approximate surface area is 183 Å². The second-order valence-electron chi connectivity index (χ2n) is 6.62. The predicted octanol–water partition coefficient (Wildman–Crippen LogP) is 5.49. The number of halogens is 2. The Morgan fingerprint density at radius 3 is 2.07 bits per heavy atom. The van der Waals surface area contributed by atoms with Gasteiger partial charge in [0.05, 0.1) is 5.69 Å². The summed E-state index contributed by atoms with van der Waals surface area (Å²) in [6, 6.07) is 16.4. The molecule has 0 fully saturated rings. The van der Waals surface area contributed by atoms with E-state index in [-0.39, 0.29) is 0 Å². The quantitative estimate of drug-likeness (QED) is 0.496. The molecule has 2 amide bonds. The molecule has 30 heavy (non-hydrogen) atoms. The van der Waals surface area contributed by atoms with Crippen LogP contribution in [0.1, 0.15) is 17.2 Å². The molecule has 0 saturated carbocycles. The van der Waals surface area contributed by atoms with Crippen LogP contribution >= 0.6 is 23.2 Å². The monoisotopic (exact) mass is 444 g/mol. The molecule has 4 rings (SSSR count). The van der Waals surface area contributed by atoms with E-state index in [0.717, 1.165) is 0 Å². The summed E-state index contributed by atoms with van der Waals surface area (Å²) in [5, 5.41) is 17.6. The number of benzene rings is 3. The number of amides is 2. The maximum Gasteiger partial charge on any atom is 0.323 e. The van der Waals surface area contributed by atoms with E-state index in [1.54, 1.807) is 60.7 Å². The Morgan fingerprint density at radius 2 is 1.43 bits per heavy atom. The number of rotatable bonds is 4. The highest BCUT2D eigenvalue weighted by molar-refractivity contribution is 6.30. The smallest absolute Gasteiger partial charge is 0.323 e. The van der Waals surface area contributed by atoms with Crippen molar-refractivity contribution in [1.29, 1.82) is 0 Å². The van der Waals surface area contributed by atoms with Crippen LogP contribution in [0.5, 0.6) is 11.5 Å². The Morgan fingerprint density at radius 1 is 0.867 bits per heavy atom. The molecule has 154 valence electrons. The first kappa shape index (κ1) is 20.3. The number of hydrogen-bond donors (Lipinski definition) is 3. The molecular weight excluding hydrogens is 427 g/mol. The molecule has 3 aromatic rings. The highest BCUT2D eigenvalue weighted by Crippen LogP contribution is 2.40. The van der Waals surface area contributed by atoms with Gasteiger partial charge in [-0.1, -0.05) is 35.3 Å². The Kier molecular flexibility index (Phi) is 5.99. The van der Waals surface area contributed by atoms with E-state index in [1.807, 2.05) is 0 Å². The van der Waals surface area contributed by atoms with Crippen molar-refractivity contribution in [1.82, 2.24) is 0 Å². The summed E-state index contributed by atoms with van der Waals surface area (Å²) in [6.45, 7) is 0.815. The maximum atomic E-state index is 12.6. The topological polar surface area (TPSA) is 79.8 Å². The molecular formula is C22H18Cl2N2O4. The van der Waals surface area contributed by atoms with Gasteiger partial charge in [-0.2, -0.15) is 0 Å². The van der Waals surface area contributed by atoms with E-state index in [1.165, 1.54) is 0 Å². The van der Waals surface area contributed by atoms with E-state index in [0.29, 0.717) is 57.3 Å². The fourth-order valence-corrected chi connectivity index (χ4v) is 3.33. The lowest BCUT2D eigenvalue weighted by Crippen LogP contribution is -2.22. The number of aliphatic hydroxyl groups excluding tert-OH is 1. The molecule has 0 aromatic heterocycles. The third-order valence-electron chi connectivity index (χ3n) is 4.54. The van der Waals surface area contributed by atoms with Crippen LogP contribution in [0.4, 0.5) is 16.2 Å². The largest absolute Gasteiger partial charge is 0.486 e. The first-order valence-corrected chi connectivity index (χ1v) is 9.96. The molecule has 1 unspecified atom stereocenters. The molecule has 0 bridgehead atoms. The third kappa shape index (κ3) is 4.62. The van der Waals surface area contributed by atoms with E-state index >= 15 is 0 Å². The van der Waals surface area contributed by atoms with Crippen molar-refractivity contribution in [3.8, 4) is 11.5 Å². The van der Waals surface area contributed by atoms with Crippen molar-refractivity contribution in [2.45, 2.75) is 6.10 Å². The highest BCUT2D eigenvalue weighted by Gasteiger charge is 2.22. The van der Waals surface area contributed by atoms with Gasteiger partial charge in [0.2, 0.25) is 0 Å². The second kappa shape index (κ2) is 8.83. The number of fused-ring (bicyclic) bond motifs is 1. The third-order valence-corrected chi connectivity index (χ3v) is 5.05. The number of anilines is 2. The van der Waals surface area contributed by atoms with E-state index in [9.17, 15) is 9.90 Å². The predicted molar refractivity (Wildman–Crippen MR) is 117 cm³/mol. The van der Waals surface area contributed by atoms with Crippen molar-refractivity contribution in [3.05, 3.63) is 81.8 Å². The van der Waals surface area contributed by atoms with Gasteiger partial charge < -0.3 is 25.2 Å². The molecule has 0 radical (unpaired) electrons. The molecule has 3 N–H and O–H groups in total. The van der Waals surface area contributed by atoms with Crippen molar-refractivity contribution in [2.75, 3.05) is 23.8 Å². The highest BCUT2D eigenvalue weighted by atomic mass is 35.5. The lowest BCUT2D eigenvalue weighted by molar-refractivity contribution is 0.170. The fraction of sp³-hybridized carbons (Fsp3) is 0.136. The van der Waals surface area contributed by atoms with Crippen molar-refractivity contribution >= 4 is 40.6 Å². The van der Waals surface area contributed by atoms with Crippen LogP contribution in [0, 0.1) is 0 Å². The molecule has 1 atom stereocenters. The number of aliphatic hydroxyl groups is 1. The number of nitrogens with one attached hydrogen (secondary N) is 2. The van der Waals surface area contributed by atoms with Gasteiger partial charge >= 0.3 is 6.03 Å². The summed E-state index contributed by atoms with van der Waals surface area (Å²) < 4.78 is 11.3. The molecule has 6 nitrogen and oxygen atoms in total. The van der Waals surface area contributed by atoms with Crippen molar-refractivity contribution < 1.29 is 19.4 Å². The van der Waals surface area contributed by atoms with Crippen LogP contribution in [0.2, 0.25) is 10.0 Å². The summed E-state index contributed by atoms with van der Waals surface area (Å²) in [4.78, 5) is 12.6. The minimum Gasteiger partial charge on any atom is -0.486 e. The van der Waals surface area contributed by atoms with Crippen LogP contribution in [0.25, 0.3) is 0 Å². The van der Waals surface area contributed by atoms with E-state index < -0.39 is 12.1 Å². The molecule has 8 heteroatoms. The van der Waals surface area contributed by atoms with Crippen molar-refractivity contribution in [2.24, 2.45) is 0 Å². The zero-order valence-corrected chi connectivity index (χ0v) is 17.2. The standard InChI is InChI=1S/C22H18Cl2N2O4/c23-14-3-1-13(2-4-14)21(27)17-11-19-20(30-10-9-29-19)12-18(17)26-22(28)25-16-7-5-15(24)6-8-16/h1-8,11-12,21,27H,9-10H2,(H2,25,26,28). The van der Waals surface area contributed by atoms with E-state index in [2.05, 4.69) is 10.6 Å². The van der Waals surface area contributed by atoms with Crippen molar-refractivity contribution in [3.63, 3.8) is 0 Å². The zero-order chi connectivity index (χ0) is 21.1. The Bertz CT molecular complexity index is 1060. The van der Waals surface area contributed by atoms with Gasteiger partial charge in [-0.25, -0.2) is 4.79 Å². The van der Waals surface area contributed by atoms with Gasteiger partial charge in [-0.15, -0.1) is 0 Å². The lowest BCUT2D eigenvalue weighted by atomic mass is 9.99. The summed E-state index contributed by atoms with van der Waals surface area (Å²) >= 11 is 11.8. The summed E-state index contributed by atoms with van der Waals surface area (Å²) in [6.07, 6.45) is -1.01.